The van der Waals surface area contributed by atoms with E-state index in [1.54, 1.807) is 0 Å². The second-order valence-corrected chi connectivity index (χ2v) is 14.4. The van der Waals surface area contributed by atoms with Gasteiger partial charge in [0.1, 0.15) is 0 Å². The minimum Gasteiger partial charge on any atom is -0.347 e. The summed E-state index contributed by atoms with van der Waals surface area (Å²) in [5.74, 6) is -0.142. The maximum absolute atomic E-state index is 12.9. The Labute approximate surface area is 250 Å². The van der Waals surface area contributed by atoms with Gasteiger partial charge in [0.2, 0.25) is 10.0 Å². The van der Waals surface area contributed by atoms with Crippen LogP contribution in [0.1, 0.15) is 45.8 Å². The summed E-state index contributed by atoms with van der Waals surface area (Å²) in [6.07, 6.45) is 5.43. The van der Waals surface area contributed by atoms with Crippen molar-refractivity contribution in [2.45, 2.75) is 45.3 Å². The molecule has 0 saturated carbocycles. The van der Waals surface area contributed by atoms with Crippen molar-refractivity contribution in [1.29, 1.82) is 0 Å². The van der Waals surface area contributed by atoms with Gasteiger partial charge in [0.25, 0.3) is 5.91 Å². The quantitative estimate of drug-likeness (QED) is 0.283. The van der Waals surface area contributed by atoms with E-state index < -0.39 is 10.0 Å². The number of thiophene rings is 1. The van der Waals surface area contributed by atoms with E-state index in [9.17, 15) is 13.2 Å². The number of amides is 1. The molecule has 0 atom stereocenters. The summed E-state index contributed by atoms with van der Waals surface area (Å²) >= 11 is 8.04. The fourth-order valence-electron chi connectivity index (χ4n) is 5.83. The van der Waals surface area contributed by atoms with Crippen molar-refractivity contribution in [1.82, 2.24) is 24.3 Å². The number of likely N-dealkylation sites (tertiary alicyclic amines) is 1. The largest absolute Gasteiger partial charge is 0.347 e. The number of sulfonamides is 1. The third kappa shape index (κ3) is 6.22. The van der Waals surface area contributed by atoms with E-state index in [4.69, 9.17) is 16.7 Å². The molecule has 8 nitrogen and oxygen atoms in total. The molecule has 1 amide bonds. The lowest BCUT2D eigenvalue weighted by molar-refractivity contribution is 0.0955. The number of aromatic nitrogens is 2. The fourth-order valence-corrected chi connectivity index (χ4v) is 7.78. The van der Waals surface area contributed by atoms with Crippen LogP contribution in [0.15, 0.2) is 48.5 Å². The van der Waals surface area contributed by atoms with Crippen molar-refractivity contribution in [3.63, 3.8) is 0 Å². The first-order valence-corrected chi connectivity index (χ1v) is 17.1. The third-order valence-corrected chi connectivity index (χ3v) is 10.8. The van der Waals surface area contributed by atoms with E-state index in [2.05, 4.69) is 14.9 Å². The van der Waals surface area contributed by atoms with E-state index in [-0.39, 0.29) is 12.5 Å². The predicted octanol–water partition coefficient (Wildman–Crippen LogP) is 5.15. The van der Waals surface area contributed by atoms with Gasteiger partial charge >= 0.3 is 0 Å². The summed E-state index contributed by atoms with van der Waals surface area (Å²) < 4.78 is 29.5. The highest BCUT2D eigenvalue weighted by Gasteiger charge is 2.30. The zero-order chi connectivity index (χ0) is 28.6. The minimum absolute atomic E-state index is 0.142. The smallest absolute Gasteiger partial charge is 0.261 e. The molecule has 4 heterocycles. The Hall–Kier alpha value is -2.76. The standard InChI is InChI=1S/C30H34ClN5O3S2/c1-41(38,39)35-16-11-26-24(20-35)29(33-36(26)15-6-14-34-12-4-5-13-34)22-9-10-25(31)23(17-22)19-32-30(37)28-18-21-7-2-3-8-27(21)40-28/h2-3,7-10,17-18H,4-6,11-16,19-20H2,1H3,(H,32,37). The van der Waals surface area contributed by atoms with E-state index in [1.165, 1.54) is 47.8 Å². The lowest BCUT2D eigenvalue weighted by Gasteiger charge is -2.26. The molecule has 4 aromatic rings. The first-order chi connectivity index (χ1) is 19.8. The van der Waals surface area contributed by atoms with Crippen molar-refractivity contribution in [2.24, 2.45) is 0 Å². The van der Waals surface area contributed by atoms with Crippen LogP contribution >= 0.6 is 22.9 Å². The number of nitrogens with zero attached hydrogens (tertiary/aromatic N) is 4. The van der Waals surface area contributed by atoms with Crippen molar-refractivity contribution >= 4 is 49.0 Å². The molecular weight excluding hydrogens is 578 g/mol. The van der Waals surface area contributed by atoms with Crippen molar-refractivity contribution in [2.75, 3.05) is 32.4 Å². The monoisotopic (exact) mass is 611 g/mol. The Morgan fingerprint density at radius 3 is 2.66 bits per heavy atom. The number of hydrogen-bond acceptors (Lipinski definition) is 6. The summed E-state index contributed by atoms with van der Waals surface area (Å²) in [7, 11) is -3.33. The molecule has 1 N–H and O–H groups in total. The van der Waals surface area contributed by atoms with Gasteiger partial charge in [-0.15, -0.1) is 11.3 Å². The highest BCUT2D eigenvalue weighted by Crippen LogP contribution is 2.33. The Kier molecular flexibility index (Phi) is 8.20. The average Bonchev–Trinajstić information content (AvgIpc) is 3.71. The van der Waals surface area contributed by atoms with Crippen molar-refractivity contribution in [3.8, 4) is 11.3 Å². The molecule has 0 aliphatic carbocycles. The van der Waals surface area contributed by atoms with Crippen LogP contribution in [0.25, 0.3) is 21.3 Å². The predicted molar refractivity (Wildman–Crippen MR) is 165 cm³/mol. The summed E-state index contributed by atoms with van der Waals surface area (Å²) in [5.41, 5.74) is 4.49. The lowest BCUT2D eigenvalue weighted by atomic mass is 10.0. The molecule has 2 aromatic heterocycles. The molecule has 0 bridgehead atoms. The first kappa shape index (κ1) is 28.4. The van der Waals surface area contributed by atoms with Crippen molar-refractivity contribution < 1.29 is 13.2 Å². The maximum atomic E-state index is 12.9. The zero-order valence-corrected chi connectivity index (χ0v) is 25.5. The van der Waals surface area contributed by atoms with Crippen LogP contribution in [0.4, 0.5) is 0 Å². The number of halogens is 1. The number of aryl methyl sites for hydroxylation is 1. The number of rotatable bonds is 9. The number of nitrogens with one attached hydrogen (secondary N) is 1. The highest BCUT2D eigenvalue weighted by atomic mass is 35.5. The van der Waals surface area contributed by atoms with Gasteiger partial charge in [-0.05, 0) is 74.1 Å². The zero-order valence-electron chi connectivity index (χ0n) is 23.1. The molecule has 0 radical (unpaired) electrons. The van der Waals surface area contributed by atoms with Crippen LogP contribution in [0.3, 0.4) is 0 Å². The molecule has 1 fully saturated rings. The van der Waals surface area contributed by atoms with Crippen LogP contribution in [0.2, 0.25) is 5.02 Å². The second kappa shape index (κ2) is 11.9. The number of fused-ring (bicyclic) bond motifs is 2. The van der Waals surface area contributed by atoms with Crippen LogP contribution in [0, 0.1) is 0 Å². The average molecular weight is 612 g/mol. The normalized spacial score (nSPS) is 16.3. The van der Waals surface area contributed by atoms with E-state index in [1.807, 2.05) is 48.5 Å². The van der Waals surface area contributed by atoms with Crippen LogP contribution in [0.5, 0.6) is 0 Å². The lowest BCUT2D eigenvalue weighted by Crippen LogP contribution is -2.35. The van der Waals surface area contributed by atoms with Crippen LogP contribution in [-0.4, -0.2) is 65.7 Å². The number of benzene rings is 2. The van der Waals surface area contributed by atoms with E-state index in [0.717, 1.165) is 57.7 Å². The molecule has 2 aliphatic rings. The Morgan fingerprint density at radius 2 is 1.88 bits per heavy atom. The molecule has 1 saturated heterocycles. The van der Waals surface area contributed by atoms with E-state index in [0.29, 0.717) is 29.4 Å². The van der Waals surface area contributed by atoms with Gasteiger partial charge in [0, 0.05) is 59.1 Å². The molecule has 216 valence electrons. The molecule has 0 unspecified atom stereocenters. The molecule has 11 heteroatoms. The van der Waals surface area contributed by atoms with Crippen LogP contribution < -0.4 is 5.32 Å². The van der Waals surface area contributed by atoms with Crippen LogP contribution in [-0.2, 0) is 36.1 Å². The Bertz CT molecular complexity index is 1660. The molecule has 2 aliphatic heterocycles. The molecule has 2 aromatic carbocycles. The van der Waals surface area contributed by atoms with Gasteiger partial charge in [0.05, 0.1) is 16.8 Å². The first-order valence-electron chi connectivity index (χ1n) is 14.1. The number of carbonyl (C=O) groups is 1. The SMILES string of the molecule is CS(=O)(=O)N1CCc2c(c(-c3ccc(Cl)c(CNC(=O)c4cc5ccccc5s4)c3)nn2CCCN2CCCC2)C1. The molecular formula is C30H34ClN5O3S2. The van der Waals surface area contributed by atoms with Gasteiger partial charge in [-0.3, -0.25) is 9.48 Å². The summed E-state index contributed by atoms with van der Waals surface area (Å²) in [4.78, 5) is 16.1. The Balaban J connectivity index is 1.24. The molecule has 6 rings (SSSR count). The molecule has 0 spiro atoms. The van der Waals surface area contributed by atoms with Gasteiger partial charge < -0.3 is 10.2 Å². The van der Waals surface area contributed by atoms with E-state index >= 15 is 0 Å². The fraction of sp³-hybridized carbons (Fsp3) is 0.400. The minimum atomic E-state index is -3.33. The van der Waals surface area contributed by atoms with Gasteiger partial charge in [-0.1, -0.05) is 35.9 Å². The molecule has 41 heavy (non-hydrogen) atoms. The summed E-state index contributed by atoms with van der Waals surface area (Å²) in [6, 6.07) is 15.6. The number of hydrogen-bond donors (Lipinski definition) is 1. The van der Waals surface area contributed by atoms with Gasteiger partial charge in [-0.25, -0.2) is 8.42 Å². The summed E-state index contributed by atoms with van der Waals surface area (Å²) in [5, 5.41) is 9.65. The third-order valence-electron chi connectivity index (χ3n) is 8.02. The second-order valence-electron chi connectivity index (χ2n) is 10.9. The van der Waals surface area contributed by atoms with Gasteiger partial charge in [-0.2, -0.15) is 9.40 Å². The van der Waals surface area contributed by atoms with Crippen molar-refractivity contribution in [3.05, 3.63) is 75.3 Å². The maximum Gasteiger partial charge on any atom is 0.261 e. The summed E-state index contributed by atoms with van der Waals surface area (Å²) in [6.45, 7) is 5.20. The number of carbonyl (C=O) groups excluding carboxylic acids is 1. The Morgan fingerprint density at radius 1 is 1.07 bits per heavy atom. The highest BCUT2D eigenvalue weighted by molar-refractivity contribution is 7.88. The van der Waals surface area contributed by atoms with Gasteiger partial charge in [0.15, 0.2) is 0 Å². The topological polar surface area (TPSA) is 87.5 Å².